The van der Waals surface area contributed by atoms with Crippen molar-refractivity contribution >= 4 is 27.6 Å². The van der Waals surface area contributed by atoms with Crippen molar-refractivity contribution in [2.45, 2.75) is 25.0 Å². The molecule has 0 spiro atoms. The molecule has 0 radical (unpaired) electrons. The maximum Gasteiger partial charge on any atom is 0.138 e. The average Bonchev–Trinajstić information content (AvgIpc) is 2.72. The van der Waals surface area contributed by atoms with Crippen LogP contribution in [0.3, 0.4) is 0 Å². The molecule has 2 aromatic carbocycles. The number of para-hydroxylation sites is 2. The maximum atomic E-state index is 12.4. The largest absolute Gasteiger partial charge is 0.386 e. The molecule has 0 amide bonds. The van der Waals surface area contributed by atoms with E-state index in [4.69, 9.17) is 0 Å². The Labute approximate surface area is 162 Å². The zero-order chi connectivity index (χ0) is 19.5. The summed E-state index contributed by atoms with van der Waals surface area (Å²) in [5.41, 5.74) is 2.44. The molecule has 0 aliphatic carbocycles. The number of carbonyl (C=O) groups is 1. The monoisotopic (exact) mass is 372 g/mol. The minimum absolute atomic E-state index is 0.101. The molecule has 0 bridgehead atoms. The average molecular weight is 372 g/mol. The molecule has 140 valence electrons. The second-order valence-electron chi connectivity index (χ2n) is 6.84. The van der Waals surface area contributed by atoms with Crippen molar-refractivity contribution in [3.8, 4) is 0 Å². The number of Topliss-reactive ketones (excluding diaryl/α,β-unsaturated/α-hetero) is 1. The third kappa shape index (κ3) is 3.91. The molecule has 28 heavy (non-hydrogen) atoms. The molecule has 2 atom stereocenters. The highest BCUT2D eigenvalue weighted by atomic mass is 16.3. The number of aliphatic hydroxyl groups excluding tert-OH is 2. The van der Waals surface area contributed by atoms with Gasteiger partial charge in [0, 0.05) is 23.6 Å². The fourth-order valence-corrected chi connectivity index (χ4v) is 3.26. The van der Waals surface area contributed by atoms with Crippen molar-refractivity contribution in [1.29, 1.82) is 0 Å². The van der Waals surface area contributed by atoms with Crippen LogP contribution in [-0.2, 0) is 4.79 Å². The number of ketones is 1. The standard InChI is InChI=1S/C23H20N2O3/c26-17(13-22(27)20-11-9-15-5-1-3-7-18(15)24-20)14-23(28)21-12-10-16-6-2-4-8-19(16)25-21/h1-12,22-23,27-28H,13-14H2/t22-,23+. The molecular formula is C23H20N2O3. The second kappa shape index (κ2) is 7.84. The summed E-state index contributed by atoms with van der Waals surface area (Å²) >= 11 is 0. The van der Waals surface area contributed by atoms with Crippen LogP contribution in [0.15, 0.2) is 72.8 Å². The number of fused-ring (bicyclic) bond motifs is 2. The summed E-state index contributed by atoms with van der Waals surface area (Å²) in [5.74, 6) is -0.245. The molecular weight excluding hydrogens is 352 g/mol. The van der Waals surface area contributed by atoms with Gasteiger partial charge in [0.2, 0.25) is 0 Å². The van der Waals surface area contributed by atoms with E-state index in [2.05, 4.69) is 9.97 Å². The van der Waals surface area contributed by atoms with Gasteiger partial charge in [-0.05, 0) is 24.3 Å². The number of hydrogen-bond donors (Lipinski definition) is 2. The number of carbonyl (C=O) groups excluding carboxylic acids is 1. The van der Waals surface area contributed by atoms with Crippen LogP contribution < -0.4 is 0 Å². The lowest BCUT2D eigenvalue weighted by atomic mass is 10.0. The second-order valence-corrected chi connectivity index (χ2v) is 6.84. The van der Waals surface area contributed by atoms with Crippen LogP contribution in [0, 0.1) is 0 Å². The summed E-state index contributed by atoms with van der Waals surface area (Å²) in [5, 5.41) is 22.7. The van der Waals surface area contributed by atoms with Crippen LogP contribution in [0.2, 0.25) is 0 Å². The lowest BCUT2D eigenvalue weighted by molar-refractivity contribution is -0.123. The predicted molar refractivity (Wildman–Crippen MR) is 108 cm³/mol. The van der Waals surface area contributed by atoms with E-state index in [0.717, 1.165) is 21.8 Å². The first-order valence-electron chi connectivity index (χ1n) is 9.19. The normalized spacial score (nSPS) is 13.5. The molecule has 4 rings (SSSR count). The van der Waals surface area contributed by atoms with E-state index in [0.29, 0.717) is 11.4 Å². The molecule has 0 aliphatic rings. The highest BCUT2D eigenvalue weighted by molar-refractivity contribution is 5.81. The highest BCUT2D eigenvalue weighted by Gasteiger charge is 2.19. The van der Waals surface area contributed by atoms with Crippen molar-refractivity contribution < 1.29 is 15.0 Å². The van der Waals surface area contributed by atoms with Gasteiger partial charge in [-0.15, -0.1) is 0 Å². The fourth-order valence-electron chi connectivity index (χ4n) is 3.26. The van der Waals surface area contributed by atoms with E-state index in [-0.39, 0.29) is 18.6 Å². The lowest BCUT2D eigenvalue weighted by Crippen LogP contribution is -2.12. The van der Waals surface area contributed by atoms with Gasteiger partial charge in [0.25, 0.3) is 0 Å². The van der Waals surface area contributed by atoms with E-state index >= 15 is 0 Å². The number of nitrogens with zero attached hydrogens (tertiary/aromatic N) is 2. The Morgan fingerprint density at radius 1 is 0.679 bits per heavy atom. The molecule has 2 aromatic heterocycles. The third-order valence-corrected chi connectivity index (χ3v) is 4.76. The van der Waals surface area contributed by atoms with E-state index in [1.54, 1.807) is 12.1 Å². The SMILES string of the molecule is O=C(C[C@@H](O)c1ccc2ccccc2n1)C[C@H](O)c1ccc2ccccc2n1. The number of rotatable bonds is 6. The summed E-state index contributed by atoms with van der Waals surface area (Å²) in [6.45, 7) is 0. The van der Waals surface area contributed by atoms with Crippen LogP contribution in [0.25, 0.3) is 21.8 Å². The van der Waals surface area contributed by atoms with Crippen molar-refractivity contribution in [3.05, 3.63) is 84.2 Å². The Morgan fingerprint density at radius 2 is 1.11 bits per heavy atom. The van der Waals surface area contributed by atoms with Crippen LogP contribution in [0.1, 0.15) is 36.4 Å². The van der Waals surface area contributed by atoms with Gasteiger partial charge in [-0.1, -0.05) is 48.5 Å². The summed E-state index contributed by atoms with van der Waals surface area (Å²) in [6, 6.07) is 22.4. The van der Waals surface area contributed by atoms with Gasteiger partial charge in [-0.3, -0.25) is 14.8 Å². The van der Waals surface area contributed by atoms with Gasteiger partial charge in [-0.2, -0.15) is 0 Å². The highest BCUT2D eigenvalue weighted by Crippen LogP contribution is 2.23. The Bertz CT molecular complexity index is 1050. The number of hydrogen-bond acceptors (Lipinski definition) is 5. The zero-order valence-corrected chi connectivity index (χ0v) is 15.2. The van der Waals surface area contributed by atoms with Gasteiger partial charge < -0.3 is 10.2 Å². The van der Waals surface area contributed by atoms with Crippen molar-refractivity contribution in [3.63, 3.8) is 0 Å². The molecule has 0 saturated heterocycles. The molecule has 0 saturated carbocycles. The Kier molecular flexibility index (Phi) is 5.10. The van der Waals surface area contributed by atoms with Crippen LogP contribution in [0.4, 0.5) is 0 Å². The third-order valence-electron chi connectivity index (χ3n) is 4.76. The number of aromatic nitrogens is 2. The minimum atomic E-state index is -1.01. The zero-order valence-electron chi connectivity index (χ0n) is 15.2. The van der Waals surface area contributed by atoms with E-state index in [1.807, 2.05) is 60.7 Å². The Morgan fingerprint density at radius 3 is 1.57 bits per heavy atom. The first-order chi connectivity index (χ1) is 13.6. The van der Waals surface area contributed by atoms with Gasteiger partial charge in [0.1, 0.15) is 18.0 Å². The van der Waals surface area contributed by atoms with Crippen LogP contribution in [0.5, 0.6) is 0 Å². The van der Waals surface area contributed by atoms with Crippen molar-refractivity contribution in [1.82, 2.24) is 9.97 Å². The van der Waals surface area contributed by atoms with E-state index in [1.165, 1.54) is 0 Å². The van der Waals surface area contributed by atoms with Crippen LogP contribution in [-0.4, -0.2) is 26.0 Å². The summed E-state index contributed by atoms with van der Waals surface area (Å²) in [4.78, 5) is 21.2. The summed E-state index contributed by atoms with van der Waals surface area (Å²) in [7, 11) is 0. The molecule has 0 aliphatic heterocycles. The summed E-state index contributed by atoms with van der Waals surface area (Å²) < 4.78 is 0. The fraction of sp³-hybridized carbons (Fsp3) is 0.174. The van der Waals surface area contributed by atoms with Crippen molar-refractivity contribution in [2.75, 3.05) is 0 Å². The molecule has 5 nitrogen and oxygen atoms in total. The van der Waals surface area contributed by atoms with Crippen molar-refractivity contribution in [2.24, 2.45) is 0 Å². The molecule has 4 aromatic rings. The molecule has 2 heterocycles. The van der Waals surface area contributed by atoms with E-state index < -0.39 is 12.2 Å². The number of benzene rings is 2. The molecule has 0 fully saturated rings. The molecule has 5 heteroatoms. The maximum absolute atomic E-state index is 12.4. The van der Waals surface area contributed by atoms with Gasteiger partial charge in [-0.25, -0.2) is 0 Å². The topological polar surface area (TPSA) is 83.3 Å². The van der Waals surface area contributed by atoms with E-state index in [9.17, 15) is 15.0 Å². The predicted octanol–water partition coefficient (Wildman–Crippen LogP) is 3.90. The first kappa shape index (κ1) is 18.2. The Balaban J connectivity index is 1.43. The lowest BCUT2D eigenvalue weighted by Gasteiger charge is -2.13. The van der Waals surface area contributed by atoms with Crippen LogP contribution >= 0.6 is 0 Å². The molecule has 0 unspecified atom stereocenters. The Hall–Kier alpha value is -3.15. The quantitative estimate of drug-likeness (QED) is 0.536. The number of pyridine rings is 2. The van der Waals surface area contributed by atoms with Gasteiger partial charge >= 0.3 is 0 Å². The minimum Gasteiger partial charge on any atom is -0.386 e. The van der Waals surface area contributed by atoms with Gasteiger partial charge in [0.05, 0.1) is 22.4 Å². The number of aliphatic hydroxyl groups is 2. The smallest absolute Gasteiger partial charge is 0.138 e. The summed E-state index contributed by atoms with van der Waals surface area (Å²) in [6.07, 6.45) is -2.21. The first-order valence-corrected chi connectivity index (χ1v) is 9.19. The van der Waals surface area contributed by atoms with Gasteiger partial charge in [0.15, 0.2) is 0 Å². The molecule has 2 N–H and O–H groups in total.